The lowest BCUT2D eigenvalue weighted by Crippen LogP contribution is -3.11. The number of carbonyl (C=O) groups is 4. The lowest BCUT2D eigenvalue weighted by Gasteiger charge is -3.11. The second kappa shape index (κ2) is 7.37. The summed E-state index contributed by atoms with van der Waals surface area (Å²) in [6, 6.07) is 6.70. The van der Waals surface area contributed by atoms with E-state index in [9.17, 15) is 23.6 Å². The molecule has 0 spiro atoms. The summed E-state index contributed by atoms with van der Waals surface area (Å²) >= 11 is 0. The van der Waals surface area contributed by atoms with Crippen LogP contribution < -0.4 is 15.4 Å². The topological polar surface area (TPSA) is 132 Å². The van der Waals surface area contributed by atoms with Crippen molar-refractivity contribution < 1.29 is 28.3 Å². The fourth-order valence-corrected chi connectivity index (χ4v) is 10.2. The Morgan fingerprint density at radius 1 is 1.07 bits per heavy atom. The fourth-order valence-electron chi connectivity index (χ4n) is 10.2. The average Bonchev–Trinajstić information content (AvgIpc) is 3.37. The first-order valence-electron chi connectivity index (χ1n) is 14.2. The molecule has 1 aromatic carbocycles. The molecule has 6 fully saturated rings. The van der Waals surface area contributed by atoms with Crippen LogP contribution in [0.2, 0.25) is 0 Å². The number of rotatable bonds is 8. The Balaban J connectivity index is 0.915. The maximum Gasteiger partial charge on any atom is 0.270 e. The first kappa shape index (κ1) is 23.5. The fraction of sp³-hybridized carbons (Fsp3) is 0.467. The highest BCUT2D eigenvalue weighted by Gasteiger charge is 3.10. The Morgan fingerprint density at radius 2 is 1.83 bits per heavy atom. The highest BCUT2D eigenvalue weighted by atomic mass is 19.1. The van der Waals surface area contributed by atoms with Crippen LogP contribution in [0.1, 0.15) is 45.4 Å². The number of hydrogen-bond donors (Lipinski definition) is 2. The third-order valence-corrected chi connectivity index (χ3v) is 11.4. The minimum absolute atomic E-state index is 0.0138. The molecule has 7 aliphatic rings. The van der Waals surface area contributed by atoms with E-state index in [0.29, 0.717) is 60.0 Å². The molecule has 208 valence electrons. The number of ketones is 2. The molecule has 3 heterocycles. The van der Waals surface area contributed by atoms with Crippen LogP contribution in [0.15, 0.2) is 30.5 Å². The van der Waals surface area contributed by atoms with Gasteiger partial charge in [-0.3, -0.25) is 19.2 Å². The molecule has 0 saturated heterocycles. The highest BCUT2D eigenvalue weighted by molar-refractivity contribution is 5.98. The normalized spacial score (nSPS) is 35.4. The van der Waals surface area contributed by atoms with E-state index in [0.717, 1.165) is 21.8 Å². The van der Waals surface area contributed by atoms with E-state index >= 15 is 0 Å². The third-order valence-electron chi connectivity index (χ3n) is 11.4. The molecule has 0 bridgehead atoms. The number of aromatic nitrogens is 3. The van der Waals surface area contributed by atoms with Crippen LogP contribution in [0.5, 0.6) is 5.75 Å². The molecule has 0 unspecified atom stereocenters. The zero-order valence-corrected chi connectivity index (χ0v) is 22.1. The van der Waals surface area contributed by atoms with Gasteiger partial charge in [-0.05, 0) is 58.6 Å². The van der Waals surface area contributed by atoms with Gasteiger partial charge in [-0.25, -0.2) is 13.9 Å². The number of carbonyl (C=O) groups excluding carboxylic acids is 4. The number of fused-ring (bicyclic) bond motifs is 2. The van der Waals surface area contributed by atoms with E-state index in [1.807, 2.05) is 13.0 Å². The number of Topliss-reactive ketones (excluding diaryl/α,β-unsaturated/α-hetero) is 2. The van der Waals surface area contributed by atoms with Crippen molar-refractivity contribution >= 4 is 29.0 Å². The predicted molar refractivity (Wildman–Crippen MR) is 138 cm³/mol. The highest BCUT2D eigenvalue weighted by Crippen LogP contribution is 3.10. The number of benzene rings is 1. The zero-order chi connectivity index (χ0) is 28.0. The lowest BCUT2D eigenvalue weighted by atomic mass is 8.92. The van der Waals surface area contributed by atoms with Crippen molar-refractivity contribution in [3.63, 3.8) is 0 Å². The Hall–Kier alpha value is -4.15. The molecule has 41 heavy (non-hydrogen) atoms. The molecule has 2 amide bonds. The summed E-state index contributed by atoms with van der Waals surface area (Å²) < 4.78 is 21.1. The second-order valence-corrected chi connectivity index (χ2v) is 12.5. The number of nitrogens with zero attached hydrogens (tertiary/aromatic N) is 3. The monoisotopic (exact) mass is 555 g/mol. The molecule has 0 atom stereocenters. The van der Waals surface area contributed by atoms with Crippen LogP contribution in [0, 0.1) is 52.2 Å². The van der Waals surface area contributed by atoms with Gasteiger partial charge in [0.1, 0.15) is 29.5 Å². The summed E-state index contributed by atoms with van der Waals surface area (Å²) in [6.45, 7) is 2.68. The van der Waals surface area contributed by atoms with Gasteiger partial charge < -0.3 is 15.4 Å². The predicted octanol–water partition coefficient (Wildman–Crippen LogP) is 1.75. The van der Waals surface area contributed by atoms with E-state index in [4.69, 9.17) is 4.74 Å². The summed E-state index contributed by atoms with van der Waals surface area (Å²) in [6.07, 6.45) is 1.86. The van der Waals surface area contributed by atoms with E-state index in [2.05, 4.69) is 20.7 Å². The number of nitrogens with one attached hydrogen (secondary N) is 2. The van der Waals surface area contributed by atoms with Crippen molar-refractivity contribution in [1.82, 2.24) is 25.2 Å². The van der Waals surface area contributed by atoms with Crippen molar-refractivity contribution in [1.29, 1.82) is 0 Å². The van der Waals surface area contributed by atoms with Gasteiger partial charge in [-0.2, -0.15) is 5.10 Å². The molecule has 6 saturated carbocycles. The standard InChI is InChI=1S/C30H26FN5O5/c1-2-19(38)30-23-20-24(30)22-25(30)21(23)29(20,22)11-33-28(40)17-7-16(35-26-15(31)9-34-36(17)26)27(39)32-8-12-3-4-18-13(5-12)6-14(37)10-41-18/h3-5,7,9,20-25H,2,6,8,10-11H2,1H3,(H,32,39)(H,33,40). The molecule has 10 rings (SSSR count). The second-order valence-electron chi connectivity index (χ2n) is 12.5. The van der Waals surface area contributed by atoms with Crippen molar-refractivity contribution in [3.8, 4) is 5.75 Å². The number of ether oxygens (including phenoxy) is 1. The Morgan fingerprint density at radius 3 is 2.56 bits per heavy atom. The van der Waals surface area contributed by atoms with Crippen LogP contribution in [-0.4, -0.2) is 51.1 Å². The van der Waals surface area contributed by atoms with Crippen molar-refractivity contribution in [2.45, 2.75) is 26.3 Å². The molecule has 1 aliphatic heterocycles. The van der Waals surface area contributed by atoms with Gasteiger partial charge in [0, 0.05) is 43.0 Å². The molecule has 2 aromatic heterocycles. The minimum Gasteiger partial charge on any atom is -0.486 e. The van der Waals surface area contributed by atoms with Crippen LogP contribution in [0.25, 0.3) is 5.65 Å². The molecule has 2 N–H and O–H groups in total. The summed E-state index contributed by atoms with van der Waals surface area (Å²) in [7, 11) is 0. The van der Waals surface area contributed by atoms with Crippen LogP contribution in [0.4, 0.5) is 4.39 Å². The Kier molecular flexibility index (Phi) is 4.23. The molecule has 10 nitrogen and oxygen atoms in total. The SMILES string of the molecule is CCC(=O)C12C3C4C1C1C2C3C41CNC(=O)c1cc(C(=O)NCc2ccc3c(c2)CC(=O)CO3)nc2c(F)cnn12. The maximum atomic E-state index is 14.5. The summed E-state index contributed by atoms with van der Waals surface area (Å²) in [5.74, 6) is 2.46. The Bertz CT molecular complexity index is 1730. The summed E-state index contributed by atoms with van der Waals surface area (Å²) in [4.78, 5) is 54.9. The quantitative estimate of drug-likeness (QED) is 0.433. The van der Waals surface area contributed by atoms with E-state index in [-0.39, 0.29) is 53.2 Å². The van der Waals surface area contributed by atoms with Crippen LogP contribution >= 0.6 is 0 Å². The van der Waals surface area contributed by atoms with Gasteiger partial charge in [-0.1, -0.05) is 13.0 Å². The van der Waals surface area contributed by atoms with Gasteiger partial charge in [0.15, 0.2) is 17.2 Å². The largest absolute Gasteiger partial charge is 0.486 e. The first-order chi connectivity index (χ1) is 19.8. The molecule has 6 aliphatic carbocycles. The van der Waals surface area contributed by atoms with Crippen LogP contribution in [-0.2, 0) is 22.6 Å². The van der Waals surface area contributed by atoms with Crippen LogP contribution in [0.3, 0.4) is 0 Å². The number of amides is 2. The molecule has 11 heteroatoms. The summed E-state index contributed by atoms with van der Waals surface area (Å²) in [5.41, 5.74) is 1.34. The first-order valence-corrected chi connectivity index (χ1v) is 14.2. The van der Waals surface area contributed by atoms with Crippen molar-refractivity contribution in [3.05, 3.63) is 58.8 Å². The van der Waals surface area contributed by atoms with E-state index < -0.39 is 17.6 Å². The van der Waals surface area contributed by atoms with Gasteiger partial charge in [0.25, 0.3) is 11.8 Å². The van der Waals surface area contributed by atoms with Gasteiger partial charge in [0.2, 0.25) is 0 Å². The molecule has 3 aromatic rings. The van der Waals surface area contributed by atoms with Gasteiger partial charge in [-0.15, -0.1) is 0 Å². The summed E-state index contributed by atoms with van der Waals surface area (Å²) in [5, 5.41) is 9.79. The molecular formula is C30H26FN5O5. The third kappa shape index (κ3) is 2.44. The lowest BCUT2D eigenvalue weighted by molar-refractivity contribution is -0.638. The maximum absolute atomic E-state index is 14.5. The van der Waals surface area contributed by atoms with Gasteiger partial charge >= 0.3 is 0 Å². The van der Waals surface area contributed by atoms with Crippen molar-refractivity contribution in [2.75, 3.05) is 13.2 Å². The minimum atomic E-state index is -0.736. The average molecular weight is 556 g/mol. The number of halogens is 1. The molecule has 0 radical (unpaired) electrons. The van der Waals surface area contributed by atoms with Crippen molar-refractivity contribution in [2.24, 2.45) is 46.3 Å². The molecular weight excluding hydrogens is 529 g/mol. The van der Waals surface area contributed by atoms with E-state index in [1.54, 1.807) is 12.1 Å². The number of hydrogen-bond acceptors (Lipinski definition) is 7. The van der Waals surface area contributed by atoms with Gasteiger partial charge in [0.05, 0.1) is 6.20 Å². The Labute approximate surface area is 233 Å². The van der Waals surface area contributed by atoms with E-state index in [1.165, 1.54) is 6.07 Å². The smallest absolute Gasteiger partial charge is 0.270 e. The zero-order valence-electron chi connectivity index (χ0n) is 22.1.